The Morgan fingerprint density at radius 3 is 3.06 bits per heavy atom. The normalized spacial score (nSPS) is 29.5. The van der Waals surface area contributed by atoms with E-state index in [1.807, 2.05) is 12.3 Å². The molecule has 92 valence electrons. The molecule has 4 heteroatoms. The summed E-state index contributed by atoms with van der Waals surface area (Å²) in [6.45, 7) is 3.49. The second-order valence-electron chi connectivity index (χ2n) is 5.12. The molecule has 0 bridgehead atoms. The van der Waals surface area contributed by atoms with Gasteiger partial charge in [-0.1, -0.05) is 0 Å². The number of rotatable bonds is 2. The molecular formula is C13H20N4. The highest BCUT2D eigenvalue weighted by Gasteiger charge is 2.29. The summed E-state index contributed by atoms with van der Waals surface area (Å²) < 4.78 is 0. The summed E-state index contributed by atoms with van der Waals surface area (Å²) >= 11 is 0. The number of anilines is 1. The fourth-order valence-electron chi connectivity index (χ4n) is 3.13. The van der Waals surface area contributed by atoms with Crippen LogP contribution in [0.25, 0.3) is 0 Å². The van der Waals surface area contributed by atoms with Gasteiger partial charge < -0.3 is 10.2 Å². The van der Waals surface area contributed by atoms with Crippen molar-refractivity contribution in [2.45, 2.75) is 31.7 Å². The maximum atomic E-state index is 4.36. The summed E-state index contributed by atoms with van der Waals surface area (Å²) in [5, 5.41) is 3.64. The zero-order valence-corrected chi connectivity index (χ0v) is 10.2. The molecule has 1 N–H and O–H groups in total. The highest BCUT2D eigenvalue weighted by atomic mass is 15.2. The first-order valence-corrected chi connectivity index (χ1v) is 6.68. The highest BCUT2D eigenvalue weighted by molar-refractivity contribution is 5.37. The zero-order valence-electron chi connectivity index (χ0n) is 10.2. The molecule has 2 fully saturated rings. The summed E-state index contributed by atoms with van der Waals surface area (Å²) in [5.74, 6) is 1.88. The molecule has 0 amide bonds. The van der Waals surface area contributed by atoms with Crippen LogP contribution in [0.1, 0.15) is 25.7 Å². The van der Waals surface area contributed by atoms with Gasteiger partial charge in [-0.15, -0.1) is 0 Å². The summed E-state index contributed by atoms with van der Waals surface area (Å²) in [7, 11) is 0. The lowest BCUT2D eigenvalue weighted by Gasteiger charge is -2.36. The molecule has 1 aromatic rings. The Morgan fingerprint density at radius 2 is 2.29 bits per heavy atom. The second-order valence-corrected chi connectivity index (χ2v) is 5.12. The first-order chi connectivity index (χ1) is 8.43. The molecule has 2 aliphatic heterocycles. The first kappa shape index (κ1) is 11.0. The highest BCUT2D eigenvalue weighted by Crippen LogP contribution is 2.26. The average molecular weight is 232 g/mol. The first-order valence-electron chi connectivity index (χ1n) is 6.68. The van der Waals surface area contributed by atoms with Crippen LogP contribution in [0, 0.1) is 5.92 Å². The quantitative estimate of drug-likeness (QED) is 0.838. The van der Waals surface area contributed by atoms with Crippen LogP contribution in [-0.4, -0.2) is 35.6 Å². The Kier molecular flexibility index (Phi) is 3.22. The van der Waals surface area contributed by atoms with Crippen LogP contribution >= 0.6 is 0 Å². The SMILES string of the molecule is c1cc(N2CCCC(C3CCCN3)C2)ncn1. The van der Waals surface area contributed by atoms with Crippen LogP contribution in [-0.2, 0) is 0 Å². The Bertz CT molecular complexity index is 348. The van der Waals surface area contributed by atoms with Crippen molar-refractivity contribution in [3.63, 3.8) is 0 Å². The molecule has 3 rings (SSSR count). The van der Waals surface area contributed by atoms with E-state index in [4.69, 9.17) is 0 Å². The fourth-order valence-corrected chi connectivity index (χ4v) is 3.13. The Hall–Kier alpha value is -1.16. The number of piperidine rings is 1. The van der Waals surface area contributed by atoms with Gasteiger partial charge in [0.1, 0.15) is 12.1 Å². The minimum Gasteiger partial charge on any atom is -0.356 e. The fraction of sp³-hybridized carbons (Fsp3) is 0.692. The van der Waals surface area contributed by atoms with E-state index >= 15 is 0 Å². The minimum absolute atomic E-state index is 0.736. The van der Waals surface area contributed by atoms with E-state index in [9.17, 15) is 0 Å². The average Bonchev–Trinajstić information content (AvgIpc) is 2.94. The Labute approximate surface area is 102 Å². The molecule has 0 saturated carbocycles. The van der Waals surface area contributed by atoms with Crippen molar-refractivity contribution in [1.29, 1.82) is 0 Å². The van der Waals surface area contributed by atoms with E-state index in [0.29, 0.717) is 0 Å². The smallest absolute Gasteiger partial charge is 0.131 e. The Balaban J connectivity index is 1.67. The van der Waals surface area contributed by atoms with Gasteiger partial charge in [-0.2, -0.15) is 0 Å². The number of nitrogens with zero attached hydrogens (tertiary/aromatic N) is 3. The molecule has 3 heterocycles. The molecule has 0 spiro atoms. The molecule has 0 aliphatic carbocycles. The molecule has 2 saturated heterocycles. The van der Waals surface area contributed by atoms with E-state index in [1.54, 1.807) is 6.33 Å². The minimum atomic E-state index is 0.736. The van der Waals surface area contributed by atoms with Gasteiger partial charge in [-0.25, -0.2) is 9.97 Å². The number of nitrogens with one attached hydrogen (secondary N) is 1. The Morgan fingerprint density at radius 1 is 1.29 bits per heavy atom. The van der Waals surface area contributed by atoms with Crippen molar-refractivity contribution < 1.29 is 0 Å². The maximum absolute atomic E-state index is 4.36. The summed E-state index contributed by atoms with van der Waals surface area (Å²) in [5.41, 5.74) is 0. The van der Waals surface area contributed by atoms with Gasteiger partial charge in [0.05, 0.1) is 0 Å². The van der Waals surface area contributed by atoms with Gasteiger partial charge in [0.25, 0.3) is 0 Å². The van der Waals surface area contributed by atoms with Crippen LogP contribution in [0.3, 0.4) is 0 Å². The number of hydrogen-bond acceptors (Lipinski definition) is 4. The third-order valence-corrected chi connectivity index (χ3v) is 4.02. The van der Waals surface area contributed by atoms with E-state index in [2.05, 4.69) is 20.2 Å². The van der Waals surface area contributed by atoms with Crippen LogP contribution in [0.15, 0.2) is 18.6 Å². The lowest BCUT2D eigenvalue weighted by atomic mass is 9.90. The van der Waals surface area contributed by atoms with E-state index < -0.39 is 0 Å². The number of aromatic nitrogens is 2. The van der Waals surface area contributed by atoms with Crippen LogP contribution in [0.4, 0.5) is 5.82 Å². The summed E-state index contributed by atoms with van der Waals surface area (Å²) in [4.78, 5) is 10.8. The summed E-state index contributed by atoms with van der Waals surface area (Å²) in [6.07, 6.45) is 8.82. The second kappa shape index (κ2) is 5.00. The largest absolute Gasteiger partial charge is 0.356 e. The molecule has 4 nitrogen and oxygen atoms in total. The van der Waals surface area contributed by atoms with Crippen LogP contribution in [0.2, 0.25) is 0 Å². The van der Waals surface area contributed by atoms with Gasteiger partial charge in [-0.05, 0) is 44.2 Å². The van der Waals surface area contributed by atoms with Crippen molar-refractivity contribution >= 4 is 5.82 Å². The van der Waals surface area contributed by atoms with Gasteiger partial charge in [0.15, 0.2) is 0 Å². The molecule has 0 radical (unpaired) electrons. The molecule has 2 atom stereocenters. The monoisotopic (exact) mass is 232 g/mol. The molecule has 0 aromatic carbocycles. The standard InChI is InChI=1S/C13H20N4/c1-4-12(15-6-1)11-3-2-8-17(9-11)13-5-7-14-10-16-13/h5,7,10-12,15H,1-4,6,8-9H2. The predicted octanol–water partition coefficient (Wildman–Crippen LogP) is 1.44. The van der Waals surface area contributed by atoms with Crippen molar-refractivity contribution in [1.82, 2.24) is 15.3 Å². The van der Waals surface area contributed by atoms with Crippen LogP contribution in [0.5, 0.6) is 0 Å². The molecular weight excluding hydrogens is 212 g/mol. The van der Waals surface area contributed by atoms with Gasteiger partial charge in [-0.3, -0.25) is 0 Å². The number of hydrogen-bond donors (Lipinski definition) is 1. The van der Waals surface area contributed by atoms with Crippen LogP contribution < -0.4 is 10.2 Å². The van der Waals surface area contributed by atoms with Gasteiger partial charge in [0, 0.05) is 25.3 Å². The topological polar surface area (TPSA) is 41.0 Å². The van der Waals surface area contributed by atoms with Gasteiger partial charge in [0.2, 0.25) is 0 Å². The van der Waals surface area contributed by atoms with Crippen molar-refractivity contribution in [2.24, 2.45) is 5.92 Å². The lowest BCUT2D eigenvalue weighted by molar-refractivity contribution is 0.328. The third-order valence-electron chi connectivity index (χ3n) is 4.02. The molecule has 2 unspecified atom stereocenters. The zero-order chi connectivity index (χ0) is 11.5. The van der Waals surface area contributed by atoms with Crippen molar-refractivity contribution in [2.75, 3.05) is 24.5 Å². The van der Waals surface area contributed by atoms with Crippen molar-refractivity contribution in [3.05, 3.63) is 18.6 Å². The molecule has 1 aromatic heterocycles. The third kappa shape index (κ3) is 2.41. The molecule has 2 aliphatic rings. The maximum Gasteiger partial charge on any atom is 0.131 e. The van der Waals surface area contributed by atoms with Gasteiger partial charge >= 0.3 is 0 Å². The van der Waals surface area contributed by atoms with E-state index in [-0.39, 0.29) is 0 Å². The predicted molar refractivity (Wildman–Crippen MR) is 68.0 cm³/mol. The van der Waals surface area contributed by atoms with E-state index in [1.165, 1.54) is 32.2 Å². The molecule has 17 heavy (non-hydrogen) atoms. The lowest BCUT2D eigenvalue weighted by Crippen LogP contribution is -2.43. The van der Waals surface area contributed by atoms with Crippen molar-refractivity contribution in [3.8, 4) is 0 Å². The van der Waals surface area contributed by atoms with E-state index in [0.717, 1.165) is 30.9 Å². The summed E-state index contributed by atoms with van der Waals surface area (Å²) in [6, 6.07) is 2.75.